The first-order valence-electron chi connectivity index (χ1n) is 7.07. The molecule has 0 fully saturated rings. The summed E-state index contributed by atoms with van der Waals surface area (Å²) in [5.41, 5.74) is -0.267. The molecule has 1 aromatic rings. The average molecular weight is 312 g/mol. The van der Waals surface area contributed by atoms with Gasteiger partial charge in [-0.1, -0.05) is 6.07 Å². The Morgan fingerprint density at radius 1 is 1.36 bits per heavy atom. The number of nitrogens with zero attached hydrogens (tertiary/aromatic N) is 1. The minimum absolute atomic E-state index is 0.166. The van der Waals surface area contributed by atoms with E-state index in [9.17, 15) is 15.0 Å². The number of carbonyl (C=O) groups excluding carboxylic acids is 1. The first-order chi connectivity index (χ1) is 10.2. The largest absolute Gasteiger partial charge is 0.481 e. The van der Waals surface area contributed by atoms with Gasteiger partial charge in [-0.3, -0.25) is 0 Å². The molecule has 0 saturated carbocycles. The summed E-state index contributed by atoms with van der Waals surface area (Å²) < 4.78 is 10.0. The van der Waals surface area contributed by atoms with E-state index in [0.717, 1.165) is 0 Å². The highest BCUT2D eigenvalue weighted by Crippen LogP contribution is 2.19. The number of carbonyl (C=O) groups is 1. The van der Waals surface area contributed by atoms with Crippen LogP contribution in [-0.4, -0.2) is 46.6 Å². The van der Waals surface area contributed by atoms with Gasteiger partial charge >= 0.3 is 6.09 Å². The van der Waals surface area contributed by atoms with Crippen LogP contribution >= 0.6 is 0 Å². The summed E-state index contributed by atoms with van der Waals surface area (Å²) in [6.07, 6.45) is -2.61. The van der Waals surface area contributed by atoms with Crippen LogP contribution in [0.1, 0.15) is 39.0 Å². The highest BCUT2D eigenvalue weighted by atomic mass is 16.6. The van der Waals surface area contributed by atoms with Crippen LogP contribution < -0.4 is 10.1 Å². The normalized spacial score (nSPS) is 14.1. The van der Waals surface area contributed by atoms with Crippen LogP contribution in [0.25, 0.3) is 0 Å². The van der Waals surface area contributed by atoms with E-state index in [0.29, 0.717) is 11.6 Å². The van der Waals surface area contributed by atoms with E-state index in [4.69, 9.17) is 9.47 Å². The Hall–Kier alpha value is -1.86. The van der Waals surface area contributed by atoms with E-state index in [1.54, 1.807) is 39.0 Å². The monoisotopic (exact) mass is 312 g/mol. The van der Waals surface area contributed by atoms with Crippen molar-refractivity contribution in [1.29, 1.82) is 0 Å². The van der Waals surface area contributed by atoms with Gasteiger partial charge in [-0.05, 0) is 33.3 Å². The lowest BCUT2D eigenvalue weighted by Gasteiger charge is -2.21. The molecule has 0 radical (unpaired) electrons. The molecule has 0 aliphatic heterocycles. The molecule has 0 aliphatic rings. The van der Waals surface area contributed by atoms with Gasteiger partial charge < -0.3 is 25.0 Å². The van der Waals surface area contributed by atoms with E-state index in [1.165, 1.54) is 7.11 Å². The van der Waals surface area contributed by atoms with Crippen LogP contribution in [-0.2, 0) is 4.74 Å². The lowest BCUT2D eigenvalue weighted by atomic mass is 10.1. The number of rotatable bonds is 6. The maximum absolute atomic E-state index is 11.5. The minimum atomic E-state index is -1.16. The van der Waals surface area contributed by atoms with Gasteiger partial charge in [0.15, 0.2) is 0 Å². The van der Waals surface area contributed by atoms with Gasteiger partial charge in [-0.25, -0.2) is 9.78 Å². The van der Waals surface area contributed by atoms with Crippen molar-refractivity contribution in [2.45, 2.75) is 45.0 Å². The lowest BCUT2D eigenvalue weighted by Crippen LogP contribution is -2.34. The predicted octanol–water partition coefficient (Wildman–Crippen LogP) is 1.40. The Kier molecular flexibility index (Phi) is 6.58. The van der Waals surface area contributed by atoms with Crippen LogP contribution in [0.4, 0.5) is 4.79 Å². The molecule has 0 saturated heterocycles. The molecule has 0 aromatic carbocycles. The zero-order valence-electron chi connectivity index (χ0n) is 13.4. The van der Waals surface area contributed by atoms with E-state index in [2.05, 4.69) is 10.3 Å². The summed E-state index contributed by atoms with van der Waals surface area (Å²) in [5, 5.41) is 22.5. The number of hydrogen-bond acceptors (Lipinski definition) is 6. The number of methoxy groups -OCH3 is 1. The molecule has 124 valence electrons. The van der Waals surface area contributed by atoms with Crippen LogP contribution in [0.3, 0.4) is 0 Å². The third-order valence-electron chi connectivity index (χ3n) is 2.73. The molecular formula is C15H24N2O5. The highest BCUT2D eigenvalue weighted by Gasteiger charge is 2.21. The number of nitrogens with one attached hydrogen (secondary N) is 1. The molecule has 0 spiro atoms. The first kappa shape index (κ1) is 18.2. The van der Waals surface area contributed by atoms with Gasteiger partial charge in [0.2, 0.25) is 5.88 Å². The van der Waals surface area contributed by atoms with Crippen LogP contribution in [0.5, 0.6) is 5.88 Å². The Morgan fingerprint density at radius 3 is 2.64 bits per heavy atom. The molecule has 2 atom stereocenters. The van der Waals surface area contributed by atoms with E-state index >= 15 is 0 Å². The average Bonchev–Trinajstić information content (AvgIpc) is 2.44. The smallest absolute Gasteiger partial charge is 0.407 e. The van der Waals surface area contributed by atoms with Gasteiger partial charge in [-0.15, -0.1) is 0 Å². The molecular weight excluding hydrogens is 288 g/mol. The lowest BCUT2D eigenvalue weighted by molar-refractivity contribution is 0.00970. The summed E-state index contributed by atoms with van der Waals surface area (Å²) in [5.74, 6) is 0.357. The van der Waals surface area contributed by atoms with Gasteiger partial charge in [0.25, 0.3) is 0 Å². The third kappa shape index (κ3) is 6.28. The van der Waals surface area contributed by atoms with Crippen molar-refractivity contribution in [3.8, 4) is 5.88 Å². The number of pyridine rings is 1. The summed E-state index contributed by atoms with van der Waals surface area (Å²) in [4.78, 5) is 15.5. The number of aromatic nitrogens is 1. The molecule has 1 amide bonds. The van der Waals surface area contributed by atoms with Crippen molar-refractivity contribution in [2.24, 2.45) is 0 Å². The van der Waals surface area contributed by atoms with E-state index in [-0.39, 0.29) is 13.0 Å². The molecule has 1 heterocycles. The molecule has 1 rings (SSSR count). The fourth-order valence-corrected chi connectivity index (χ4v) is 1.70. The van der Waals surface area contributed by atoms with Crippen molar-refractivity contribution < 1.29 is 24.5 Å². The standard InChI is InChI=1S/C15H24N2O5/c1-15(2,3)22-14(20)16-9-8-11(18)13(19)10-6-5-7-12(17-10)21-4/h5-7,11,13,18-19H,8-9H2,1-4H3,(H,16,20). The van der Waals surface area contributed by atoms with Crippen molar-refractivity contribution >= 4 is 6.09 Å². The zero-order chi connectivity index (χ0) is 16.8. The van der Waals surface area contributed by atoms with Crippen molar-refractivity contribution in [3.05, 3.63) is 23.9 Å². The maximum Gasteiger partial charge on any atom is 0.407 e. The molecule has 2 unspecified atom stereocenters. The van der Waals surface area contributed by atoms with Crippen LogP contribution in [0, 0.1) is 0 Å². The second-order valence-corrected chi connectivity index (χ2v) is 5.83. The predicted molar refractivity (Wildman–Crippen MR) is 80.6 cm³/mol. The Labute approximate surface area is 130 Å². The second kappa shape index (κ2) is 7.95. The number of alkyl carbamates (subject to hydrolysis) is 1. The molecule has 7 nitrogen and oxygen atoms in total. The molecule has 3 N–H and O–H groups in total. The topological polar surface area (TPSA) is 101 Å². The van der Waals surface area contributed by atoms with Crippen LogP contribution in [0.15, 0.2) is 18.2 Å². The second-order valence-electron chi connectivity index (χ2n) is 5.83. The maximum atomic E-state index is 11.5. The number of aliphatic hydroxyl groups excluding tert-OH is 2. The number of aliphatic hydroxyl groups is 2. The molecule has 0 aliphatic carbocycles. The summed E-state index contributed by atoms with van der Waals surface area (Å²) in [6.45, 7) is 5.47. The van der Waals surface area contributed by atoms with Gasteiger partial charge in [0.1, 0.15) is 11.7 Å². The molecule has 22 heavy (non-hydrogen) atoms. The fraction of sp³-hybridized carbons (Fsp3) is 0.600. The molecule has 7 heteroatoms. The van der Waals surface area contributed by atoms with Crippen LogP contribution in [0.2, 0.25) is 0 Å². The van der Waals surface area contributed by atoms with Crippen molar-refractivity contribution in [2.75, 3.05) is 13.7 Å². The first-order valence-corrected chi connectivity index (χ1v) is 7.07. The SMILES string of the molecule is COc1cccc(C(O)C(O)CCNC(=O)OC(C)(C)C)n1. The van der Waals surface area contributed by atoms with Gasteiger partial charge in [0.05, 0.1) is 18.9 Å². The number of amides is 1. The Balaban J connectivity index is 2.44. The van der Waals surface area contributed by atoms with Crippen molar-refractivity contribution in [1.82, 2.24) is 10.3 Å². The minimum Gasteiger partial charge on any atom is -0.481 e. The molecule has 0 bridgehead atoms. The van der Waals surface area contributed by atoms with Gasteiger partial charge in [0, 0.05) is 12.6 Å². The highest BCUT2D eigenvalue weighted by molar-refractivity contribution is 5.67. The number of hydrogen-bond donors (Lipinski definition) is 3. The van der Waals surface area contributed by atoms with Gasteiger partial charge in [-0.2, -0.15) is 0 Å². The summed E-state index contributed by atoms with van der Waals surface area (Å²) in [6, 6.07) is 4.92. The van der Waals surface area contributed by atoms with E-state index < -0.39 is 23.9 Å². The summed E-state index contributed by atoms with van der Waals surface area (Å²) in [7, 11) is 1.47. The Bertz CT molecular complexity index is 487. The number of ether oxygens (including phenoxy) is 2. The Morgan fingerprint density at radius 2 is 2.05 bits per heavy atom. The third-order valence-corrected chi connectivity index (χ3v) is 2.73. The zero-order valence-corrected chi connectivity index (χ0v) is 13.4. The van der Waals surface area contributed by atoms with Crippen molar-refractivity contribution in [3.63, 3.8) is 0 Å². The fourth-order valence-electron chi connectivity index (χ4n) is 1.70. The quantitative estimate of drug-likeness (QED) is 0.734. The molecule has 1 aromatic heterocycles. The summed E-state index contributed by atoms with van der Waals surface area (Å²) >= 11 is 0. The van der Waals surface area contributed by atoms with E-state index in [1.807, 2.05) is 0 Å².